The van der Waals surface area contributed by atoms with Crippen LogP contribution in [0.5, 0.6) is 0 Å². The van der Waals surface area contributed by atoms with Gasteiger partial charge in [0.2, 0.25) is 5.91 Å². The van der Waals surface area contributed by atoms with Gasteiger partial charge in [-0.25, -0.2) is 0 Å². The van der Waals surface area contributed by atoms with Gasteiger partial charge in [0.25, 0.3) is 5.91 Å². The number of para-hydroxylation sites is 1. The number of carbonyl (C=O) groups is 2. The monoisotopic (exact) mass is 311 g/mol. The third kappa shape index (κ3) is 2.71. The Morgan fingerprint density at radius 2 is 2.00 bits per heavy atom. The van der Waals surface area contributed by atoms with Gasteiger partial charge in [0, 0.05) is 13.1 Å². The van der Waals surface area contributed by atoms with Gasteiger partial charge in [-0.15, -0.1) is 11.3 Å². The fourth-order valence-electron chi connectivity index (χ4n) is 2.29. The molecule has 2 aromatic rings. The van der Waals surface area contributed by atoms with Crippen molar-refractivity contribution in [1.29, 1.82) is 5.26 Å². The van der Waals surface area contributed by atoms with Crippen molar-refractivity contribution in [1.82, 2.24) is 4.90 Å². The zero-order valence-electron chi connectivity index (χ0n) is 11.7. The molecule has 2 amide bonds. The van der Waals surface area contributed by atoms with Crippen LogP contribution >= 0.6 is 11.3 Å². The largest absolute Gasteiger partial charge is 0.336 e. The first-order chi connectivity index (χ1) is 10.7. The number of amides is 2. The zero-order valence-corrected chi connectivity index (χ0v) is 12.5. The molecule has 1 aliphatic heterocycles. The van der Waals surface area contributed by atoms with E-state index in [9.17, 15) is 9.59 Å². The quantitative estimate of drug-likeness (QED) is 0.945. The molecule has 0 spiro atoms. The molecular weight excluding hydrogens is 298 g/mol. The summed E-state index contributed by atoms with van der Waals surface area (Å²) >= 11 is 1.40. The lowest BCUT2D eigenvalue weighted by atomic mass is 9.98. The van der Waals surface area contributed by atoms with Crippen LogP contribution in [0.3, 0.4) is 0 Å². The van der Waals surface area contributed by atoms with Gasteiger partial charge < -0.3 is 10.2 Å². The summed E-state index contributed by atoms with van der Waals surface area (Å²) in [6, 6.07) is 12.5. The molecule has 1 N–H and O–H groups in total. The highest BCUT2D eigenvalue weighted by atomic mass is 32.1. The van der Waals surface area contributed by atoms with Gasteiger partial charge in [-0.2, -0.15) is 5.26 Å². The number of hydrogen-bond donors (Lipinski definition) is 1. The first kappa shape index (κ1) is 14.3. The van der Waals surface area contributed by atoms with Crippen molar-refractivity contribution in [3.05, 3.63) is 52.2 Å². The molecule has 1 aromatic carbocycles. The van der Waals surface area contributed by atoms with E-state index >= 15 is 0 Å². The highest BCUT2D eigenvalue weighted by Gasteiger charge is 2.36. The van der Waals surface area contributed by atoms with E-state index in [1.807, 2.05) is 17.5 Å². The highest BCUT2D eigenvalue weighted by molar-refractivity contribution is 7.12. The molecule has 1 fully saturated rings. The van der Waals surface area contributed by atoms with Crippen molar-refractivity contribution in [2.45, 2.75) is 0 Å². The first-order valence-corrected chi connectivity index (χ1v) is 7.70. The maximum Gasteiger partial charge on any atom is 0.263 e. The van der Waals surface area contributed by atoms with Gasteiger partial charge in [0.15, 0.2) is 0 Å². The molecule has 2 heterocycles. The summed E-state index contributed by atoms with van der Waals surface area (Å²) in [4.78, 5) is 26.6. The van der Waals surface area contributed by atoms with Gasteiger partial charge >= 0.3 is 0 Å². The van der Waals surface area contributed by atoms with E-state index in [0.29, 0.717) is 29.2 Å². The van der Waals surface area contributed by atoms with Gasteiger partial charge in [0.1, 0.15) is 6.07 Å². The predicted octanol–water partition coefficient (Wildman–Crippen LogP) is 2.33. The Kier molecular flexibility index (Phi) is 3.90. The van der Waals surface area contributed by atoms with Crippen LogP contribution in [-0.4, -0.2) is 29.8 Å². The maximum atomic E-state index is 12.2. The zero-order chi connectivity index (χ0) is 15.5. The summed E-state index contributed by atoms with van der Waals surface area (Å²) < 4.78 is 0. The lowest BCUT2D eigenvalue weighted by Crippen LogP contribution is -2.54. The number of rotatable bonds is 3. The van der Waals surface area contributed by atoms with Crippen molar-refractivity contribution in [3.8, 4) is 6.07 Å². The number of benzene rings is 1. The Hall–Kier alpha value is -2.65. The van der Waals surface area contributed by atoms with Gasteiger partial charge in [-0.05, 0) is 23.6 Å². The summed E-state index contributed by atoms with van der Waals surface area (Å²) in [5.41, 5.74) is 0.944. The van der Waals surface area contributed by atoms with Crippen LogP contribution in [0.1, 0.15) is 15.2 Å². The molecule has 0 saturated carbocycles. The minimum absolute atomic E-state index is 0.0310. The third-order valence-electron chi connectivity index (χ3n) is 3.58. The smallest absolute Gasteiger partial charge is 0.263 e. The second kappa shape index (κ2) is 6.00. The van der Waals surface area contributed by atoms with E-state index in [1.165, 1.54) is 11.3 Å². The van der Waals surface area contributed by atoms with Crippen LogP contribution in [0.4, 0.5) is 5.69 Å². The molecule has 3 rings (SSSR count). The van der Waals surface area contributed by atoms with E-state index < -0.39 is 0 Å². The second-order valence-corrected chi connectivity index (χ2v) is 5.98. The molecule has 0 bridgehead atoms. The molecule has 1 aliphatic rings. The van der Waals surface area contributed by atoms with E-state index in [-0.39, 0.29) is 17.7 Å². The molecule has 0 aliphatic carbocycles. The van der Waals surface area contributed by atoms with Gasteiger partial charge in [-0.1, -0.05) is 18.2 Å². The number of thiophene rings is 1. The number of nitriles is 1. The normalized spacial score (nSPS) is 14.0. The fourth-order valence-corrected chi connectivity index (χ4v) is 2.98. The van der Waals surface area contributed by atoms with E-state index in [4.69, 9.17) is 5.26 Å². The number of anilines is 1. The number of hydrogen-bond acceptors (Lipinski definition) is 4. The van der Waals surface area contributed by atoms with Crippen molar-refractivity contribution < 1.29 is 9.59 Å². The number of nitrogens with zero attached hydrogens (tertiary/aromatic N) is 2. The molecule has 0 atom stereocenters. The molecule has 0 radical (unpaired) electrons. The SMILES string of the molecule is N#Cc1ccccc1NC(=O)C1CN(C(=O)c2cccs2)C1. The second-order valence-electron chi connectivity index (χ2n) is 5.03. The van der Waals surface area contributed by atoms with Crippen LogP contribution in [0.15, 0.2) is 41.8 Å². The number of likely N-dealkylation sites (tertiary alicyclic amines) is 1. The molecule has 5 nitrogen and oxygen atoms in total. The highest BCUT2D eigenvalue weighted by Crippen LogP contribution is 2.23. The van der Waals surface area contributed by atoms with Crippen molar-refractivity contribution in [2.24, 2.45) is 5.92 Å². The van der Waals surface area contributed by atoms with Gasteiger partial charge in [0.05, 0.1) is 22.0 Å². The molecule has 6 heteroatoms. The topological polar surface area (TPSA) is 73.2 Å². The minimum Gasteiger partial charge on any atom is -0.336 e. The first-order valence-electron chi connectivity index (χ1n) is 6.82. The van der Waals surface area contributed by atoms with Crippen LogP contribution < -0.4 is 5.32 Å². The van der Waals surface area contributed by atoms with Crippen molar-refractivity contribution in [3.63, 3.8) is 0 Å². The Balaban J connectivity index is 1.58. The van der Waals surface area contributed by atoms with Crippen molar-refractivity contribution in [2.75, 3.05) is 18.4 Å². The fraction of sp³-hybridized carbons (Fsp3) is 0.188. The molecule has 110 valence electrons. The summed E-state index contributed by atoms with van der Waals surface area (Å²) in [6.07, 6.45) is 0. The summed E-state index contributed by atoms with van der Waals surface area (Å²) in [7, 11) is 0. The third-order valence-corrected chi connectivity index (χ3v) is 4.43. The standard InChI is InChI=1S/C16H13N3O2S/c17-8-11-4-1-2-5-13(11)18-15(20)12-9-19(10-12)16(21)14-6-3-7-22-14/h1-7,12H,9-10H2,(H,18,20). The Morgan fingerprint density at radius 3 is 2.68 bits per heavy atom. The number of nitrogens with one attached hydrogen (secondary N) is 1. The van der Waals surface area contributed by atoms with E-state index in [2.05, 4.69) is 5.32 Å². The molecular formula is C16H13N3O2S. The Morgan fingerprint density at radius 1 is 1.23 bits per heavy atom. The maximum absolute atomic E-state index is 12.2. The predicted molar refractivity (Wildman–Crippen MR) is 83.5 cm³/mol. The molecule has 0 unspecified atom stereocenters. The molecule has 22 heavy (non-hydrogen) atoms. The lowest BCUT2D eigenvalue weighted by Gasteiger charge is -2.37. The van der Waals surface area contributed by atoms with Crippen LogP contribution in [0.2, 0.25) is 0 Å². The number of carbonyl (C=O) groups excluding carboxylic acids is 2. The van der Waals surface area contributed by atoms with Crippen molar-refractivity contribution >= 4 is 28.8 Å². The average Bonchev–Trinajstić information content (AvgIpc) is 3.00. The molecule has 1 aromatic heterocycles. The lowest BCUT2D eigenvalue weighted by molar-refractivity contribution is -0.123. The van der Waals surface area contributed by atoms with Gasteiger partial charge in [-0.3, -0.25) is 9.59 Å². The molecule has 1 saturated heterocycles. The van der Waals surface area contributed by atoms with E-state index in [0.717, 1.165) is 0 Å². The Bertz CT molecular complexity index is 743. The van der Waals surface area contributed by atoms with Crippen LogP contribution in [-0.2, 0) is 4.79 Å². The van der Waals surface area contributed by atoms with Crippen LogP contribution in [0.25, 0.3) is 0 Å². The van der Waals surface area contributed by atoms with E-state index in [1.54, 1.807) is 35.2 Å². The Labute approximate surface area is 131 Å². The summed E-state index contributed by atoms with van der Waals surface area (Å²) in [5, 5.41) is 13.6. The summed E-state index contributed by atoms with van der Waals surface area (Å²) in [6.45, 7) is 0.828. The van der Waals surface area contributed by atoms with Crippen LogP contribution in [0, 0.1) is 17.2 Å². The summed E-state index contributed by atoms with van der Waals surface area (Å²) in [5.74, 6) is -0.412. The average molecular weight is 311 g/mol. The minimum atomic E-state index is -0.226.